The molecule has 0 bridgehead atoms. The molecule has 0 radical (unpaired) electrons. The van der Waals surface area contributed by atoms with Crippen LogP contribution < -0.4 is 10.0 Å². The summed E-state index contributed by atoms with van der Waals surface area (Å²) in [6.45, 7) is 0. The van der Waals surface area contributed by atoms with Gasteiger partial charge in [-0.3, -0.25) is 9.52 Å². The molecule has 1 amide bonds. The zero-order valence-electron chi connectivity index (χ0n) is 15.0. The van der Waals surface area contributed by atoms with E-state index in [1.165, 1.54) is 42.7 Å². The molecular formula is C19H15BrN2O6S. The summed E-state index contributed by atoms with van der Waals surface area (Å²) in [6.07, 6.45) is 1.37. The predicted molar refractivity (Wildman–Crippen MR) is 109 cm³/mol. The van der Waals surface area contributed by atoms with Crippen molar-refractivity contribution in [2.45, 2.75) is 4.90 Å². The van der Waals surface area contributed by atoms with E-state index in [-0.39, 0.29) is 21.9 Å². The maximum atomic E-state index is 12.8. The highest BCUT2D eigenvalue weighted by atomic mass is 79.9. The predicted octanol–water partition coefficient (Wildman–Crippen LogP) is 3.88. The van der Waals surface area contributed by atoms with Gasteiger partial charge >= 0.3 is 5.97 Å². The number of hydrogen-bond acceptors (Lipinski definition) is 6. The smallest absolute Gasteiger partial charge is 0.339 e. The molecule has 0 atom stereocenters. The zero-order valence-corrected chi connectivity index (χ0v) is 17.4. The van der Waals surface area contributed by atoms with Gasteiger partial charge in [0.15, 0.2) is 5.76 Å². The van der Waals surface area contributed by atoms with Gasteiger partial charge in [0.05, 0.1) is 24.6 Å². The number of amides is 1. The van der Waals surface area contributed by atoms with Gasteiger partial charge in [0.2, 0.25) is 0 Å². The number of hydrogen-bond donors (Lipinski definition) is 2. The lowest BCUT2D eigenvalue weighted by molar-refractivity contribution is 0.0596. The molecule has 8 nitrogen and oxygen atoms in total. The molecule has 0 aliphatic rings. The summed E-state index contributed by atoms with van der Waals surface area (Å²) in [4.78, 5) is 23.8. The molecule has 0 unspecified atom stereocenters. The Kier molecular flexibility index (Phi) is 6.04. The number of rotatable bonds is 6. The number of halogens is 1. The maximum absolute atomic E-state index is 12.8. The Balaban J connectivity index is 1.86. The largest absolute Gasteiger partial charge is 0.465 e. The standard InChI is InChI=1S/C19H15BrN2O6S/c1-27-19(24)15-10-12(20)7-8-17(15)29(25,26)22-14-5-2-4-13(11-14)21-18(23)16-6-3-9-28-16/h2-11,22H,1H3,(H,21,23). The van der Waals surface area contributed by atoms with E-state index >= 15 is 0 Å². The lowest BCUT2D eigenvalue weighted by Crippen LogP contribution is -2.18. The quantitative estimate of drug-likeness (QED) is 0.519. The van der Waals surface area contributed by atoms with Crippen molar-refractivity contribution in [2.75, 3.05) is 17.1 Å². The highest BCUT2D eigenvalue weighted by molar-refractivity contribution is 9.10. The topological polar surface area (TPSA) is 115 Å². The number of esters is 1. The van der Waals surface area contributed by atoms with Crippen molar-refractivity contribution in [3.05, 3.63) is 76.7 Å². The van der Waals surface area contributed by atoms with Gasteiger partial charge in [0, 0.05) is 10.2 Å². The van der Waals surface area contributed by atoms with Crippen LogP contribution in [0.5, 0.6) is 0 Å². The average Bonchev–Trinajstić information content (AvgIpc) is 3.22. The Morgan fingerprint density at radius 2 is 1.79 bits per heavy atom. The highest BCUT2D eigenvalue weighted by Crippen LogP contribution is 2.25. The van der Waals surface area contributed by atoms with Crippen LogP contribution in [0.15, 0.2) is 74.6 Å². The van der Waals surface area contributed by atoms with Crippen LogP contribution >= 0.6 is 15.9 Å². The molecular weight excluding hydrogens is 464 g/mol. The number of carbonyl (C=O) groups excluding carboxylic acids is 2. The molecule has 0 fully saturated rings. The Labute approximate surface area is 175 Å². The summed E-state index contributed by atoms with van der Waals surface area (Å²) in [5.41, 5.74) is 0.438. The molecule has 10 heteroatoms. The second-order valence-corrected chi connectivity index (χ2v) is 8.32. The van der Waals surface area contributed by atoms with Crippen molar-refractivity contribution in [1.29, 1.82) is 0 Å². The number of benzene rings is 2. The van der Waals surface area contributed by atoms with Gasteiger partial charge in [-0.1, -0.05) is 22.0 Å². The van der Waals surface area contributed by atoms with E-state index in [9.17, 15) is 18.0 Å². The molecule has 2 N–H and O–H groups in total. The van der Waals surface area contributed by atoms with Gasteiger partial charge in [-0.15, -0.1) is 0 Å². The number of nitrogens with one attached hydrogen (secondary N) is 2. The molecule has 150 valence electrons. The fraction of sp³-hybridized carbons (Fsp3) is 0.0526. The fourth-order valence-electron chi connectivity index (χ4n) is 2.48. The summed E-state index contributed by atoms with van der Waals surface area (Å²) in [6, 6.07) is 13.4. The lowest BCUT2D eigenvalue weighted by atomic mass is 10.2. The van der Waals surface area contributed by atoms with E-state index in [0.29, 0.717) is 10.2 Å². The van der Waals surface area contributed by atoms with Crippen LogP contribution in [0.3, 0.4) is 0 Å². The molecule has 3 rings (SSSR count). The molecule has 0 aliphatic carbocycles. The molecule has 0 saturated heterocycles. The SMILES string of the molecule is COC(=O)c1cc(Br)ccc1S(=O)(=O)Nc1cccc(NC(=O)c2ccco2)c1. The van der Waals surface area contributed by atoms with Crippen molar-refractivity contribution in [2.24, 2.45) is 0 Å². The van der Waals surface area contributed by atoms with Gasteiger partial charge in [-0.05, 0) is 48.5 Å². The first-order valence-corrected chi connectivity index (χ1v) is 10.4. The monoisotopic (exact) mass is 478 g/mol. The minimum absolute atomic E-state index is 0.114. The molecule has 0 spiro atoms. The second-order valence-electron chi connectivity index (χ2n) is 5.75. The maximum Gasteiger partial charge on any atom is 0.339 e. The van der Waals surface area contributed by atoms with Crippen molar-refractivity contribution >= 4 is 49.2 Å². The van der Waals surface area contributed by atoms with Crippen LogP contribution in [0.4, 0.5) is 11.4 Å². The summed E-state index contributed by atoms with van der Waals surface area (Å²) >= 11 is 3.21. The summed E-state index contributed by atoms with van der Waals surface area (Å²) in [5, 5.41) is 2.61. The van der Waals surface area contributed by atoms with Crippen LogP contribution in [-0.2, 0) is 14.8 Å². The van der Waals surface area contributed by atoms with E-state index in [2.05, 4.69) is 30.7 Å². The molecule has 1 heterocycles. The molecule has 0 saturated carbocycles. The van der Waals surface area contributed by atoms with Gasteiger partial charge in [0.25, 0.3) is 15.9 Å². The number of anilines is 2. The van der Waals surface area contributed by atoms with E-state index < -0.39 is 21.9 Å². The third kappa shape index (κ3) is 4.84. The van der Waals surface area contributed by atoms with E-state index in [0.717, 1.165) is 7.11 Å². The van der Waals surface area contributed by atoms with Gasteiger partial charge in [-0.25, -0.2) is 13.2 Å². The molecule has 2 aromatic carbocycles. The highest BCUT2D eigenvalue weighted by Gasteiger charge is 2.23. The van der Waals surface area contributed by atoms with Gasteiger partial charge in [0.1, 0.15) is 4.90 Å². The Bertz CT molecular complexity index is 1160. The van der Waals surface area contributed by atoms with Crippen LogP contribution in [0, 0.1) is 0 Å². The van der Waals surface area contributed by atoms with Crippen molar-refractivity contribution in [3.8, 4) is 0 Å². The molecule has 1 aromatic heterocycles. The van der Waals surface area contributed by atoms with Crippen LogP contribution in [0.1, 0.15) is 20.9 Å². The number of furan rings is 1. The average molecular weight is 479 g/mol. The van der Waals surface area contributed by atoms with Gasteiger partial charge in [-0.2, -0.15) is 0 Å². The minimum Gasteiger partial charge on any atom is -0.465 e. The van der Waals surface area contributed by atoms with Gasteiger partial charge < -0.3 is 14.5 Å². The first kappa shape index (κ1) is 20.6. The van der Waals surface area contributed by atoms with E-state index in [1.807, 2.05) is 0 Å². The molecule has 29 heavy (non-hydrogen) atoms. The Hall–Kier alpha value is -3.11. The van der Waals surface area contributed by atoms with Crippen LogP contribution in [0.2, 0.25) is 0 Å². The second kappa shape index (κ2) is 8.50. The third-order valence-electron chi connectivity index (χ3n) is 3.75. The normalized spacial score (nSPS) is 11.0. The van der Waals surface area contributed by atoms with Crippen molar-refractivity contribution in [3.63, 3.8) is 0 Å². The molecule has 0 aliphatic heterocycles. The molecule has 3 aromatic rings. The third-order valence-corrected chi connectivity index (χ3v) is 5.69. The first-order chi connectivity index (χ1) is 13.8. The lowest BCUT2D eigenvalue weighted by Gasteiger charge is -2.13. The minimum atomic E-state index is -4.11. The van der Waals surface area contributed by atoms with E-state index in [1.54, 1.807) is 18.2 Å². The van der Waals surface area contributed by atoms with Crippen LogP contribution in [0.25, 0.3) is 0 Å². The summed E-state index contributed by atoms with van der Waals surface area (Å²) in [5.74, 6) is -1.14. The number of carbonyl (C=O) groups is 2. The Morgan fingerprint density at radius 1 is 1.03 bits per heavy atom. The first-order valence-electron chi connectivity index (χ1n) is 8.16. The number of ether oxygens (including phenoxy) is 1. The van der Waals surface area contributed by atoms with Crippen molar-refractivity contribution in [1.82, 2.24) is 0 Å². The van der Waals surface area contributed by atoms with Crippen molar-refractivity contribution < 1.29 is 27.2 Å². The van der Waals surface area contributed by atoms with E-state index in [4.69, 9.17) is 4.42 Å². The Morgan fingerprint density at radius 3 is 2.48 bits per heavy atom. The summed E-state index contributed by atoms with van der Waals surface area (Å²) in [7, 11) is -2.94. The van der Waals surface area contributed by atoms with Crippen LogP contribution in [-0.4, -0.2) is 27.4 Å². The fourth-order valence-corrected chi connectivity index (χ4v) is 4.06. The summed E-state index contributed by atoms with van der Waals surface area (Å²) < 4.78 is 38.3. The number of methoxy groups -OCH3 is 1. The zero-order chi connectivity index (χ0) is 21.0. The number of sulfonamides is 1.